The van der Waals surface area contributed by atoms with Crippen LogP contribution in [0.4, 0.5) is 5.69 Å². The number of rotatable bonds is 6. The van der Waals surface area contributed by atoms with Gasteiger partial charge in [0, 0.05) is 12.2 Å². The van der Waals surface area contributed by atoms with Crippen LogP contribution in [0.2, 0.25) is 0 Å². The van der Waals surface area contributed by atoms with Gasteiger partial charge in [-0.2, -0.15) is 0 Å². The molecule has 7 heteroatoms. The minimum absolute atomic E-state index is 0.124. The van der Waals surface area contributed by atoms with Crippen molar-refractivity contribution in [3.05, 3.63) is 70.3 Å². The molecule has 0 bridgehead atoms. The van der Waals surface area contributed by atoms with Gasteiger partial charge in [-0.25, -0.2) is 4.98 Å². The second-order valence-electron chi connectivity index (χ2n) is 8.00. The van der Waals surface area contributed by atoms with E-state index in [0.717, 1.165) is 11.1 Å². The van der Waals surface area contributed by atoms with Crippen LogP contribution < -0.4 is 10.9 Å². The lowest BCUT2D eigenvalue weighted by Gasteiger charge is -2.25. The average molecular weight is 431 g/mol. The first-order valence-corrected chi connectivity index (χ1v) is 10.7. The van der Waals surface area contributed by atoms with Gasteiger partial charge in [-0.1, -0.05) is 44.2 Å². The topological polar surface area (TPSA) is 101 Å². The summed E-state index contributed by atoms with van der Waals surface area (Å²) in [7, 11) is 0. The Bertz CT molecular complexity index is 1290. The van der Waals surface area contributed by atoms with E-state index in [9.17, 15) is 19.5 Å². The fraction of sp³-hybridized carbons (Fsp3) is 0.280. The largest absolute Gasteiger partial charge is 0.480 e. The second-order valence-corrected chi connectivity index (χ2v) is 8.00. The van der Waals surface area contributed by atoms with E-state index < -0.39 is 17.3 Å². The monoisotopic (exact) mass is 431 g/mol. The summed E-state index contributed by atoms with van der Waals surface area (Å²) in [6.45, 7) is 3.94. The number of hydrogen-bond donors (Lipinski definition) is 2. The Hall–Kier alpha value is -3.74. The number of aliphatic carboxylic acids is 1. The van der Waals surface area contributed by atoms with Crippen LogP contribution in [0.15, 0.2) is 53.3 Å². The van der Waals surface area contributed by atoms with Crippen LogP contribution in [-0.2, 0) is 16.1 Å². The predicted molar refractivity (Wildman–Crippen MR) is 124 cm³/mol. The van der Waals surface area contributed by atoms with Crippen LogP contribution in [0.1, 0.15) is 44.5 Å². The molecular formula is C25H25N3O4. The molecule has 1 aliphatic heterocycles. The zero-order valence-corrected chi connectivity index (χ0v) is 18.1. The summed E-state index contributed by atoms with van der Waals surface area (Å²) in [6.07, 6.45) is 3.11. The van der Waals surface area contributed by atoms with Gasteiger partial charge in [0.2, 0.25) is 5.91 Å². The van der Waals surface area contributed by atoms with Crippen molar-refractivity contribution in [2.24, 2.45) is 5.41 Å². The summed E-state index contributed by atoms with van der Waals surface area (Å²) < 4.78 is 1.68. The van der Waals surface area contributed by atoms with Gasteiger partial charge in [0.15, 0.2) is 0 Å². The highest BCUT2D eigenvalue weighted by Crippen LogP contribution is 2.30. The van der Waals surface area contributed by atoms with Gasteiger partial charge in [-0.05, 0) is 54.7 Å². The van der Waals surface area contributed by atoms with Crippen molar-refractivity contribution in [2.45, 2.75) is 39.7 Å². The quantitative estimate of drug-likeness (QED) is 0.571. The van der Waals surface area contributed by atoms with E-state index in [2.05, 4.69) is 5.32 Å². The number of carboxylic acid groups (broad SMARTS) is 1. The first-order chi connectivity index (χ1) is 15.4. The van der Waals surface area contributed by atoms with E-state index in [1.807, 2.05) is 36.4 Å². The number of benzene rings is 2. The molecule has 0 aliphatic carbocycles. The third-order valence-corrected chi connectivity index (χ3v) is 6.30. The molecule has 4 rings (SSSR count). The molecule has 164 valence electrons. The van der Waals surface area contributed by atoms with E-state index >= 15 is 0 Å². The van der Waals surface area contributed by atoms with E-state index in [1.54, 1.807) is 36.6 Å². The lowest BCUT2D eigenvalue weighted by Crippen LogP contribution is -2.42. The number of amides is 1. The summed E-state index contributed by atoms with van der Waals surface area (Å²) in [5.74, 6) is -1.10. The zero-order chi connectivity index (χ0) is 22.9. The fourth-order valence-electron chi connectivity index (χ4n) is 4.20. The van der Waals surface area contributed by atoms with Gasteiger partial charge in [0.25, 0.3) is 5.56 Å². The standard InChI is InChI=1S/C25H25N3O4/c1-3-25(4-2,24(31)32)23(30)26-18-10-11-19-20(15-18)27-21-17(12-13-28(21)22(19)29)14-16-8-6-5-7-9-16/h5-11,14-15H,3-4,12-13H2,1-2H3,(H,26,30)(H,31,32). The molecule has 32 heavy (non-hydrogen) atoms. The molecule has 2 aromatic carbocycles. The Morgan fingerprint density at radius 2 is 1.88 bits per heavy atom. The van der Waals surface area contributed by atoms with Gasteiger partial charge in [0.1, 0.15) is 11.2 Å². The minimum atomic E-state index is -1.49. The van der Waals surface area contributed by atoms with Crippen LogP contribution in [-0.4, -0.2) is 26.5 Å². The normalized spacial score (nSPS) is 14.5. The van der Waals surface area contributed by atoms with Gasteiger partial charge in [0.05, 0.1) is 10.9 Å². The van der Waals surface area contributed by atoms with E-state index in [-0.39, 0.29) is 18.4 Å². The van der Waals surface area contributed by atoms with Gasteiger partial charge in [-0.15, -0.1) is 0 Å². The summed E-state index contributed by atoms with van der Waals surface area (Å²) >= 11 is 0. The molecule has 1 aromatic heterocycles. The molecule has 2 N–H and O–H groups in total. The Kier molecular flexibility index (Phi) is 5.65. The molecule has 0 radical (unpaired) electrons. The van der Waals surface area contributed by atoms with Gasteiger partial charge >= 0.3 is 5.97 Å². The first-order valence-electron chi connectivity index (χ1n) is 10.7. The molecule has 0 unspecified atom stereocenters. The maximum Gasteiger partial charge on any atom is 0.319 e. The molecule has 7 nitrogen and oxygen atoms in total. The van der Waals surface area contributed by atoms with E-state index in [0.29, 0.717) is 35.4 Å². The number of carbonyl (C=O) groups excluding carboxylic acids is 1. The number of allylic oxidation sites excluding steroid dienone is 1. The summed E-state index contributed by atoms with van der Waals surface area (Å²) in [5.41, 5.74) is 1.28. The smallest absolute Gasteiger partial charge is 0.319 e. The number of nitrogens with one attached hydrogen (secondary N) is 1. The minimum Gasteiger partial charge on any atom is -0.480 e. The number of hydrogen-bond acceptors (Lipinski definition) is 4. The molecule has 1 amide bonds. The number of anilines is 1. The van der Waals surface area contributed by atoms with E-state index in [4.69, 9.17) is 4.98 Å². The Morgan fingerprint density at radius 1 is 1.16 bits per heavy atom. The molecule has 0 spiro atoms. The summed E-state index contributed by atoms with van der Waals surface area (Å²) in [5, 5.41) is 12.8. The van der Waals surface area contributed by atoms with Crippen molar-refractivity contribution in [3.63, 3.8) is 0 Å². The summed E-state index contributed by atoms with van der Waals surface area (Å²) in [4.78, 5) is 42.3. The van der Waals surface area contributed by atoms with Crippen molar-refractivity contribution < 1.29 is 14.7 Å². The SMILES string of the molecule is CCC(CC)(C(=O)O)C(=O)Nc1ccc2c(=O)n3c(nc2c1)C(=Cc1ccccc1)CC3. The molecule has 2 heterocycles. The molecule has 1 aliphatic rings. The number of fused-ring (bicyclic) bond motifs is 2. The number of carbonyl (C=O) groups is 2. The zero-order valence-electron chi connectivity index (χ0n) is 18.1. The van der Waals surface area contributed by atoms with Crippen LogP contribution in [0.3, 0.4) is 0 Å². The molecule has 3 aromatic rings. The molecule has 0 saturated carbocycles. The number of aromatic nitrogens is 2. The average Bonchev–Trinajstić information content (AvgIpc) is 3.18. The van der Waals surface area contributed by atoms with Gasteiger partial charge < -0.3 is 10.4 Å². The first kappa shape index (κ1) is 21.5. The van der Waals surface area contributed by atoms with Crippen molar-refractivity contribution >= 4 is 40.1 Å². The molecule has 0 fully saturated rings. The number of nitrogens with zero attached hydrogens (tertiary/aromatic N) is 2. The van der Waals surface area contributed by atoms with Crippen LogP contribution in [0, 0.1) is 5.41 Å². The second kappa shape index (κ2) is 8.42. The van der Waals surface area contributed by atoms with E-state index in [1.165, 1.54) is 0 Å². The highest BCUT2D eigenvalue weighted by Gasteiger charge is 2.42. The van der Waals surface area contributed by atoms with Crippen molar-refractivity contribution in [1.82, 2.24) is 9.55 Å². The van der Waals surface area contributed by atoms with Crippen molar-refractivity contribution in [2.75, 3.05) is 5.32 Å². The Morgan fingerprint density at radius 3 is 2.53 bits per heavy atom. The third-order valence-electron chi connectivity index (χ3n) is 6.30. The molecular weight excluding hydrogens is 406 g/mol. The highest BCUT2D eigenvalue weighted by atomic mass is 16.4. The highest BCUT2D eigenvalue weighted by molar-refractivity contribution is 6.08. The van der Waals surface area contributed by atoms with Crippen LogP contribution in [0.25, 0.3) is 22.6 Å². The van der Waals surface area contributed by atoms with Crippen molar-refractivity contribution in [3.8, 4) is 0 Å². The Balaban J connectivity index is 1.73. The van der Waals surface area contributed by atoms with Gasteiger partial charge in [-0.3, -0.25) is 19.0 Å². The molecule has 0 saturated heterocycles. The summed E-state index contributed by atoms with van der Waals surface area (Å²) in [6, 6.07) is 14.7. The predicted octanol–water partition coefficient (Wildman–Crippen LogP) is 4.17. The Labute approximate surface area is 185 Å². The fourth-order valence-corrected chi connectivity index (χ4v) is 4.20. The maximum absolute atomic E-state index is 13.0. The maximum atomic E-state index is 13.0. The van der Waals surface area contributed by atoms with Crippen molar-refractivity contribution in [1.29, 1.82) is 0 Å². The third kappa shape index (κ3) is 3.60. The van der Waals surface area contributed by atoms with Crippen LogP contribution in [0.5, 0.6) is 0 Å². The lowest BCUT2D eigenvalue weighted by molar-refractivity contribution is -0.154. The molecule has 0 atom stereocenters. The lowest BCUT2D eigenvalue weighted by atomic mass is 9.81. The van der Waals surface area contributed by atoms with Crippen LogP contribution >= 0.6 is 0 Å². The number of carboxylic acids is 1.